The minimum atomic E-state index is 0.360. The summed E-state index contributed by atoms with van der Waals surface area (Å²) in [6, 6.07) is 12.0. The van der Waals surface area contributed by atoms with Gasteiger partial charge in [0.05, 0.1) is 5.69 Å². The van der Waals surface area contributed by atoms with Gasteiger partial charge in [0.25, 0.3) is 0 Å². The molecule has 0 aliphatic carbocycles. The molecule has 0 unspecified atom stereocenters. The smallest absolute Gasteiger partial charge is 0.193 e. The Balaban J connectivity index is 1.20. The molecule has 0 radical (unpaired) electrons. The molecule has 6 nitrogen and oxygen atoms in total. The van der Waals surface area contributed by atoms with Crippen molar-refractivity contribution in [3.63, 3.8) is 0 Å². The van der Waals surface area contributed by atoms with E-state index in [1.54, 1.807) is 6.07 Å². The van der Waals surface area contributed by atoms with Crippen molar-refractivity contribution in [3.05, 3.63) is 46.7 Å². The molecule has 7 heteroatoms. The first-order valence-electron chi connectivity index (χ1n) is 11.0. The molecule has 1 aromatic heterocycles. The summed E-state index contributed by atoms with van der Waals surface area (Å²) in [6.07, 6.45) is 2.49. The standard InChI is InChI=1S/C23H33N5OS/c1-24-23(28-14-12-27(13-15-28)21-6-2-3-7-22(21)29)25-17-19-8-10-26(11-9-19)18-20-5-4-16-30-20/h2-7,16,19,29H,8-15,17-18H2,1H3,(H,24,25). The number of nitrogens with one attached hydrogen (secondary N) is 1. The molecule has 2 N–H and O–H groups in total. The van der Waals surface area contributed by atoms with Gasteiger partial charge in [-0.2, -0.15) is 0 Å². The fraction of sp³-hybridized carbons (Fsp3) is 0.522. The zero-order valence-corrected chi connectivity index (χ0v) is 18.7. The number of hydrogen-bond acceptors (Lipinski definition) is 5. The van der Waals surface area contributed by atoms with Gasteiger partial charge < -0.3 is 20.2 Å². The van der Waals surface area contributed by atoms with E-state index in [0.29, 0.717) is 11.7 Å². The van der Waals surface area contributed by atoms with Crippen LogP contribution in [0, 0.1) is 5.92 Å². The van der Waals surface area contributed by atoms with Crippen molar-refractivity contribution in [3.8, 4) is 5.75 Å². The predicted molar refractivity (Wildman–Crippen MR) is 126 cm³/mol. The van der Waals surface area contributed by atoms with Gasteiger partial charge in [0.2, 0.25) is 0 Å². The maximum Gasteiger partial charge on any atom is 0.193 e. The first kappa shape index (κ1) is 21.0. The van der Waals surface area contributed by atoms with Crippen LogP contribution in [0.3, 0.4) is 0 Å². The summed E-state index contributed by atoms with van der Waals surface area (Å²) in [6.45, 7) is 8.06. The number of nitrogens with zero attached hydrogens (tertiary/aromatic N) is 4. The summed E-state index contributed by atoms with van der Waals surface area (Å²) in [4.78, 5) is 13.2. The number of rotatable bonds is 5. The molecule has 0 saturated carbocycles. The second kappa shape index (κ2) is 10.2. The van der Waals surface area contributed by atoms with Crippen molar-refractivity contribution >= 4 is 23.0 Å². The lowest BCUT2D eigenvalue weighted by molar-refractivity contribution is 0.178. The molecule has 0 spiro atoms. The normalized spacial score (nSPS) is 19.3. The van der Waals surface area contributed by atoms with E-state index in [-0.39, 0.29) is 0 Å². The lowest BCUT2D eigenvalue weighted by Crippen LogP contribution is -2.53. The fourth-order valence-electron chi connectivity index (χ4n) is 4.43. The third-order valence-electron chi connectivity index (χ3n) is 6.23. The Kier molecular flexibility index (Phi) is 7.12. The van der Waals surface area contributed by atoms with E-state index in [1.807, 2.05) is 36.6 Å². The van der Waals surface area contributed by atoms with Gasteiger partial charge in [0.1, 0.15) is 5.75 Å². The van der Waals surface area contributed by atoms with Crippen LogP contribution in [0.5, 0.6) is 5.75 Å². The Bertz CT molecular complexity index is 809. The zero-order chi connectivity index (χ0) is 20.8. The molecule has 0 atom stereocenters. The molecule has 1 aromatic carbocycles. The molecule has 0 bridgehead atoms. The molecule has 0 amide bonds. The maximum absolute atomic E-state index is 10.1. The average Bonchev–Trinajstić information content (AvgIpc) is 3.29. The Morgan fingerprint density at radius 3 is 2.50 bits per heavy atom. The highest BCUT2D eigenvalue weighted by Gasteiger charge is 2.23. The number of guanidine groups is 1. The van der Waals surface area contributed by atoms with Gasteiger partial charge in [-0.05, 0) is 55.4 Å². The van der Waals surface area contributed by atoms with Crippen molar-refractivity contribution in [2.45, 2.75) is 19.4 Å². The summed E-state index contributed by atoms with van der Waals surface area (Å²) in [5.41, 5.74) is 0.925. The number of piperidine rings is 1. The number of aromatic hydroxyl groups is 1. The highest BCUT2D eigenvalue weighted by molar-refractivity contribution is 7.09. The summed E-state index contributed by atoms with van der Waals surface area (Å²) in [5.74, 6) is 2.08. The van der Waals surface area contributed by atoms with E-state index >= 15 is 0 Å². The summed E-state index contributed by atoms with van der Waals surface area (Å²) in [7, 11) is 1.88. The van der Waals surface area contributed by atoms with E-state index < -0.39 is 0 Å². The van der Waals surface area contributed by atoms with Gasteiger partial charge in [0.15, 0.2) is 5.96 Å². The first-order valence-corrected chi connectivity index (χ1v) is 11.8. The molecule has 2 fully saturated rings. The van der Waals surface area contributed by atoms with Crippen molar-refractivity contribution in [2.75, 3.05) is 57.8 Å². The van der Waals surface area contributed by atoms with E-state index in [0.717, 1.165) is 50.9 Å². The molecular formula is C23H33N5OS. The molecular weight excluding hydrogens is 394 g/mol. The van der Waals surface area contributed by atoms with Crippen LogP contribution in [0.2, 0.25) is 0 Å². The quantitative estimate of drug-likeness (QED) is 0.567. The monoisotopic (exact) mass is 427 g/mol. The summed E-state index contributed by atoms with van der Waals surface area (Å²) in [5, 5.41) is 15.9. The van der Waals surface area contributed by atoms with Gasteiger partial charge >= 0.3 is 0 Å². The number of phenolic OH excluding ortho intramolecular Hbond substituents is 1. The Labute approximate surface area is 183 Å². The van der Waals surface area contributed by atoms with Gasteiger partial charge in [0, 0.05) is 51.2 Å². The van der Waals surface area contributed by atoms with E-state index in [2.05, 4.69) is 42.5 Å². The minimum Gasteiger partial charge on any atom is -0.506 e. The Morgan fingerprint density at radius 2 is 1.83 bits per heavy atom. The molecule has 2 aliphatic rings. The molecule has 30 heavy (non-hydrogen) atoms. The van der Waals surface area contributed by atoms with Gasteiger partial charge in [-0.25, -0.2) is 0 Å². The number of para-hydroxylation sites is 2. The molecule has 162 valence electrons. The van der Waals surface area contributed by atoms with Crippen LogP contribution in [0.1, 0.15) is 17.7 Å². The fourth-order valence-corrected chi connectivity index (χ4v) is 5.18. The summed E-state index contributed by atoms with van der Waals surface area (Å²) >= 11 is 1.86. The zero-order valence-electron chi connectivity index (χ0n) is 17.8. The third-order valence-corrected chi connectivity index (χ3v) is 7.09. The van der Waals surface area contributed by atoms with Crippen molar-refractivity contribution < 1.29 is 5.11 Å². The summed E-state index contributed by atoms with van der Waals surface area (Å²) < 4.78 is 0. The number of anilines is 1. The number of thiophene rings is 1. The largest absolute Gasteiger partial charge is 0.506 e. The number of likely N-dealkylation sites (tertiary alicyclic amines) is 1. The second-order valence-corrected chi connectivity index (χ2v) is 9.22. The third kappa shape index (κ3) is 5.26. The van der Waals surface area contributed by atoms with Gasteiger partial charge in [-0.1, -0.05) is 18.2 Å². The lowest BCUT2D eigenvalue weighted by atomic mass is 9.97. The maximum atomic E-state index is 10.1. The number of benzene rings is 1. The Hall–Kier alpha value is -2.25. The van der Waals surface area contributed by atoms with Crippen molar-refractivity contribution in [2.24, 2.45) is 10.9 Å². The van der Waals surface area contributed by atoms with Gasteiger partial charge in [-0.15, -0.1) is 11.3 Å². The number of hydrogen-bond donors (Lipinski definition) is 2. The average molecular weight is 428 g/mol. The molecule has 2 saturated heterocycles. The topological polar surface area (TPSA) is 54.3 Å². The second-order valence-electron chi connectivity index (χ2n) is 8.19. The Morgan fingerprint density at radius 1 is 1.07 bits per heavy atom. The molecule has 3 heterocycles. The van der Waals surface area contributed by atoms with Crippen LogP contribution < -0.4 is 10.2 Å². The minimum absolute atomic E-state index is 0.360. The van der Waals surface area contributed by atoms with Crippen molar-refractivity contribution in [1.82, 2.24) is 15.1 Å². The number of aliphatic imine (C=N–C) groups is 1. The lowest BCUT2D eigenvalue weighted by Gasteiger charge is -2.38. The van der Waals surface area contributed by atoms with Crippen LogP contribution >= 0.6 is 11.3 Å². The predicted octanol–water partition coefficient (Wildman–Crippen LogP) is 3.06. The van der Waals surface area contributed by atoms with E-state index in [9.17, 15) is 5.11 Å². The van der Waals surface area contributed by atoms with Gasteiger partial charge in [-0.3, -0.25) is 9.89 Å². The highest BCUT2D eigenvalue weighted by Crippen LogP contribution is 2.27. The molecule has 4 rings (SSSR count). The first-order chi connectivity index (χ1) is 14.7. The van der Waals surface area contributed by atoms with Crippen LogP contribution in [0.4, 0.5) is 5.69 Å². The van der Waals surface area contributed by atoms with E-state index in [1.165, 1.54) is 30.8 Å². The number of phenols is 1. The number of piperazine rings is 1. The van der Waals surface area contributed by atoms with Crippen LogP contribution in [0.25, 0.3) is 0 Å². The highest BCUT2D eigenvalue weighted by atomic mass is 32.1. The van der Waals surface area contributed by atoms with Crippen LogP contribution in [-0.4, -0.2) is 73.7 Å². The molecule has 2 aliphatic heterocycles. The van der Waals surface area contributed by atoms with Crippen molar-refractivity contribution in [1.29, 1.82) is 0 Å². The SMILES string of the molecule is CN=C(NCC1CCN(Cc2cccs2)CC1)N1CCN(c2ccccc2O)CC1. The van der Waals surface area contributed by atoms with Crippen LogP contribution in [-0.2, 0) is 6.54 Å². The molecule has 2 aromatic rings. The van der Waals surface area contributed by atoms with Crippen LogP contribution in [0.15, 0.2) is 46.8 Å². The van der Waals surface area contributed by atoms with E-state index in [4.69, 9.17) is 0 Å².